The lowest BCUT2D eigenvalue weighted by Gasteiger charge is -2.20. The van der Waals surface area contributed by atoms with Crippen molar-refractivity contribution in [3.05, 3.63) is 0 Å². The highest BCUT2D eigenvalue weighted by Gasteiger charge is 2.22. The van der Waals surface area contributed by atoms with Gasteiger partial charge in [-0.25, -0.2) is 13.5 Å². The molecule has 1 heterocycles. The monoisotopic (exact) mass is 191 g/mol. The average Bonchev–Trinajstić information content (AvgIpc) is 2.03. The second-order valence-corrected chi connectivity index (χ2v) is 5.75. The highest BCUT2D eigenvalue weighted by Crippen LogP contribution is 2.22. The molecule has 1 saturated heterocycles. The van der Waals surface area contributed by atoms with E-state index in [0.29, 0.717) is 23.8 Å². The molecular formula is C8H15O3S. The molecule has 0 aromatic carbocycles. The zero-order valence-corrected chi connectivity index (χ0v) is 7.98. The summed E-state index contributed by atoms with van der Waals surface area (Å²) >= 11 is 0. The second-order valence-electron chi connectivity index (χ2n) is 3.44. The van der Waals surface area contributed by atoms with Crippen LogP contribution in [0.5, 0.6) is 0 Å². The summed E-state index contributed by atoms with van der Waals surface area (Å²) in [5, 5.41) is 10.2. The first-order chi connectivity index (χ1) is 5.64. The predicted octanol–water partition coefficient (Wildman–Crippen LogP) is 1.02. The quantitative estimate of drug-likeness (QED) is 0.668. The summed E-state index contributed by atoms with van der Waals surface area (Å²) in [5.74, 6) is 1.15. The van der Waals surface area contributed by atoms with Crippen molar-refractivity contribution in [2.24, 2.45) is 5.92 Å². The van der Waals surface area contributed by atoms with E-state index in [0.717, 1.165) is 19.3 Å². The van der Waals surface area contributed by atoms with Gasteiger partial charge in [0.05, 0.1) is 18.1 Å². The third-order valence-corrected chi connectivity index (χ3v) is 4.15. The number of sulfone groups is 1. The van der Waals surface area contributed by atoms with Gasteiger partial charge in [-0.05, 0) is 31.6 Å². The fourth-order valence-electron chi connectivity index (χ4n) is 1.60. The number of hydrogen-bond donors (Lipinski definition) is 0. The highest BCUT2D eigenvalue weighted by atomic mass is 32.2. The van der Waals surface area contributed by atoms with E-state index in [-0.39, 0.29) is 6.61 Å². The van der Waals surface area contributed by atoms with Crippen LogP contribution in [0.1, 0.15) is 25.7 Å². The van der Waals surface area contributed by atoms with Gasteiger partial charge in [0.15, 0.2) is 0 Å². The lowest BCUT2D eigenvalue weighted by atomic mass is 9.97. The van der Waals surface area contributed by atoms with Gasteiger partial charge in [0, 0.05) is 0 Å². The summed E-state index contributed by atoms with van der Waals surface area (Å²) in [6, 6.07) is 0. The summed E-state index contributed by atoms with van der Waals surface area (Å²) in [4.78, 5) is 0. The lowest BCUT2D eigenvalue weighted by Crippen LogP contribution is -2.23. The third-order valence-electron chi connectivity index (χ3n) is 2.43. The van der Waals surface area contributed by atoms with Crippen molar-refractivity contribution in [3.8, 4) is 0 Å². The van der Waals surface area contributed by atoms with E-state index in [1.54, 1.807) is 0 Å². The van der Waals surface area contributed by atoms with Crippen LogP contribution in [0.4, 0.5) is 0 Å². The van der Waals surface area contributed by atoms with Gasteiger partial charge in [-0.3, -0.25) is 0 Å². The minimum absolute atomic E-state index is 0.0246. The zero-order valence-electron chi connectivity index (χ0n) is 7.16. The third kappa shape index (κ3) is 3.11. The molecule has 4 heteroatoms. The molecule has 0 saturated carbocycles. The Hall–Kier alpha value is -0.0900. The lowest BCUT2D eigenvalue weighted by molar-refractivity contribution is 0.179. The predicted molar refractivity (Wildman–Crippen MR) is 46.2 cm³/mol. The topological polar surface area (TPSA) is 54.0 Å². The Kier molecular flexibility index (Phi) is 3.53. The molecule has 1 radical (unpaired) electrons. The van der Waals surface area contributed by atoms with Gasteiger partial charge in [-0.15, -0.1) is 0 Å². The van der Waals surface area contributed by atoms with E-state index >= 15 is 0 Å². The largest absolute Gasteiger partial charge is 0.237 e. The molecular weight excluding hydrogens is 176 g/mol. The molecule has 0 N–H and O–H groups in total. The summed E-state index contributed by atoms with van der Waals surface area (Å²) in [7, 11) is -2.72. The van der Waals surface area contributed by atoms with E-state index in [9.17, 15) is 13.5 Å². The Morgan fingerprint density at radius 2 is 1.75 bits per heavy atom. The smallest absolute Gasteiger partial charge is 0.150 e. The van der Waals surface area contributed by atoms with Gasteiger partial charge in [-0.1, -0.05) is 0 Å². The van der Waals surface area contributed by atoms with Crippen LogP contribution in [0.15, 0.2) is 0 Å². The average molecular weight is 191 g/mol. The first kappa shape index (κ1) is 9.99. The summed E-state index contributed by atoms with van der Waals surface area (Å²) in [6.45, 7) is -0.0246. The van der Waals surface area contributed by atoms with Crippen LogP contribution in [0, 0.1) is 5.92 Å². The van der Waals surface area contributed by atoms with Crippen molar-refractivity contribution in [2.45, 2.75) is 25.7 Å². The van der Waals surface area contributed by atoms with Crippen molar-refractivity contribution in [3.63, 3.8) is 0 Å². The molecule has 0 amide bonds. The minimum atomic E-state index is -2.72. The Labute approximate surface area is 73.7 Å². The fraction of sp³-hybridized carbons (Fsp3) is 1.00. The van der Waals surface area contributed by atoms with Gasteiger partial charge in [0.2, 0.25) is 0 Å². The van der Waals surface area contributed by atoms with Crippen molar-refractivity contribution >= 4 is 9.84 Å². The number of hydrogen-bond acceptors (Lipinski definition) is 2. The fourth-order valence-corrected chi connectivity index (χ4v) is 3.19. The van der Waals surface area contributed by atoms with E-state index < -0.39 is 9.84 Å². The van der Waals surface area contributed by atoms with E-state index in [4.69, 9.17) is 0 Å². The van der Waals surface area contributed by atoms with Crippen LogP contribution in [-0.4, -0.2) is 26.5 Å². The van der Waals surface area contributed by atoms with Gasteiger partial charge in [-0.2, -0.15) is 0 Å². The number of rotatable bonds is 3. The molecule has 0 aliphatic carbocycles. The molecule has 3 nitrogen and oxygen atoms in total. The van der Waals surface area contributed by atoms with E-state index in [2.05, 4.69) is 0 Å². The molecule has 0 aromatic rings. The van der Waals surface area contributed by atoms with Crippen molar-refractivity contribution in [1.29, 1.82) is 0 Å². The molecule has 1 rings (SSSR count). The van der Waals surface area contributed by atoms with Crippen LogP contribution in [0.25, 0.3) is 0 Å². The van der Waals surface area contributed by atoms with Gasteiger partial charge < -0.3 is 0 Å². The summed E-state index contributed by atoms with van der Waals surface area (Å²) in [6.07, 6.45) is 3.15. The summed E-state index contributed by atoms with van der Waals surface area (Å²) in [5.41, 5.74) is 0. The van der Waals surface area contributed by atoms with Crippen LogP contribution in [0.3, 0.4) is 0 Å². The van der Waals surface area contributed by atoms with E-state index in [1.807, 2.05) is 0 Å². The minimum Gasteiger partial charge on any atom is -0.237 e. The van der Waals surface area contributed by atoms with Crippen molar-refractivity contribution in [1.82, 2.24) is 0 Å². The van der Waals surface area contributed by atoms with Gasteiger partial charge in [0.1, 0.15) is 9.84 Å². The molecule has 0 aromatic heterocycles. The maximum Gasteiger partial charge on any atom is 0.150 e. The SMILES string of the molecule is [O]CCCC1CCS(=O)(=O)CC1. The molecule has 1 fully saturated rings. The molecule has 1 aliphatic heterocycles. The van der Waals surface area contributed by atoms with E-state index in [1.165, 1.54) is 0 Å². The van der Waals surface area contributed by atoms with Gasteiger partial charge >= 0.3 is 0 Å². The molecule has 0 spiro atoms. The zero-order chi connectivity index (χ0) is 9.03. The van der Waals surface area contributed by atoms with Crippen LogP contribution in [0.2, 0.25) is 0 Å². The van der Waals surface area contributed by atoms with Crippen LogP contribution >= 0.6 is 0 Å². The molecule has 12 heavy (non-hydrogen) atoms. The van der Waals surface area contributed by atoms with Crippen LogP contribution < -0.4 is 0 Å². The molecule has 71 valence electrons. The molecule has 0 atom stereocenters. The maximum atomic E-state index is 11.0. The molecule has 0 bridgehead atoms. The van der Waals surface area contributed by atoms with Crippen LogP contribution in [-0.2, 0) is 14.9 Å². The Morgan fingerprint density at radius 3 is 2.25 bits per heavy atom. The Bertz CT molecular complexity index is 206. The first-order valence-corrected chi connectivity index (χ1v) is 6.25. The summed E-state index contributed by atoms with van der Waals surface area (Å²) < 4.78 is 22.0. The normalized spacial score (nSPS) is 24.1. The molecule has 1 aliphatic rings. The highest BCUT2D eigenvalue weighted by molar-refractivity contribution is 7.91. The first-order valence-electron chi connectivity index (χ1n) is 4.42. The Morgan fingerprint density at radius 1 is 1.17 bits per heavy atom. The van der Waals surface area contributed by atoms with Crippen molar-refractivity contribution < 1.29 is 13.5 Å². The Balaban J connectivity index is 2.27. The van der Waals surface area contributed by atoms with Crippen molar-refractivity contribution in [2.75, 3.05) is 18.1 Å². The van der Waals surface area contributed by atoms with Gasteiger partial charge in [0.25, 0.3) is 0 Å². The standard InChI is InChI=1S/C8H15O3S/c9-5-1-2-8-3-6-12(10,11)7-4-8/h8H,1-7H2. The second kappa shape index (κ2) is 4.23. The maximum absolute atomic E-state index is 11.0. The molecule has 0 unspecified atom stereocenters.